The zero-order chi connectivity index (χ0) is 38.4. The molecule has 2 heteroatoms. The van der Waals surface area contributed by atoms with Crippen LogP contribution in [0.15, 0.2) is 229 Å². The lowest BCUT2D eigenvalue weighted by molar-refractivity contribution is 0.669. The third-order valence-corrected chi connectivity index (χ3v) is 11.4. The highest BCUT2D eigenvalue weighted by molar-refractivity contribution is 6.09. The van der Waals surface area contributed by atoms with Crippen LogP contribution in [0.5, 0.6) is 0 Å². The largest absolute Gasteiger partial charge is 0.456 e. The highest BCUT2D eigenvalue weighted by atomic mass is 16.3. The molecule has 0 saturated heterocycles. The van der Waals surface area contributed by atoms with Crippen molar-refractivity contribution in [3.8, 4) is 44.5 Å². The fourth-order valence-corrected chi connectivity index (χ4v) is 8.48. The molecule has 11 aromatic rings. The number of furan rings is 1. The van der Waals surface area contributed by atoms with Crippen LogP contribution in [0.1, 0.15) is 0 Å². The lowest BCUT2D eigenvalue weighted by atomic mass is 9.95. The predicted molar refractivity (Wildman–Crippen MR) is 245 cm³/mol. The number of para-hydroxylation sites is 1. The first kappa shape index (κ1) is 33.6. The van der Waals surface area contributed by atoms with Crippen molar-refractivity contribution in [1.82, 2.24) is 0 Å². The second-order valence-electron chi connectivity index (χ2n) is 15.0. The summed E-state index contributed by atoms with van der Waals surface area (Å²) in [6.45, 7) is 0. The van der Waals surface area contributed by atoms with E-state index in [2.05, 4.69) is 217 Å². The van der Waals surface area contributed by atoms with Crippen molar-refractivity contribution >= 4 is 60.5 Å². The van der Waals surface area contributed by atoms with Crippen molar-refractivity contribution in [3.05, 3.63) is 224 Å². The molecule has 0 radical (unpaired) electrons. The summed E-state index contributed by atoms with van der Waals surface area (Å²) < 4.78 is 6.12. The van der Waals surface area contributed by atoms with Gasteiger partial charge in [-0.1, -0.05) is 158 Å². The molecule has 2 nitrogen and oxygen atoms in total. The standard InChI is InChI=1S/C56H37NO/c1-2-10-38(11-3-1)39-22-28-48(29-23-39)57(49-30-24-40(25-31-49)46-27-33-56-54(37-46)53-18-6-7-19-55(53)58-56)50-16-9-15-44(36-50)42-13-8-14-43(34-42)45-26-32-52-47(35-45)21-20-41-12-4-5-17-51(41)52/h1-37H. The monoisotopic (exact) mass is 739 g/mol. The molecule has 1 aromatic heterocycles. The van der Waals surface area contributed by atoms with Gasteiger partial charge < -0.3 is 9.32 Å². The van der Waals surface area contributed by atoms with E-state index in [1.165, 1.54) is 49.4 Å². The number of fused-ring (bicyclic) bond motifs is 6. The normalized spacial score (nSPS) is 11.4. The number of hydrogen-bond acceptors (Lipinski definition) is 2. The van der Waals surface area contributed by atoms with E-state index in [0.29, 0.717) is 0 Å². The van der Waals surface area contributed by atoms with Crippen molar-refractivity contribution in [1.29, 1.82) is 0 Å². The van der Waals surface area contributed by atoms with Crippen molar-refractivity contribution in [2.24, 2.45) is 0 Å². The first-order valence-corrected chi connectivity index (χ1v) is 19.8. The van der Waals surface area contributed by atoms with E-state index in [1.807, 2.05) is 12.1 Å². The molecule has 58 heavy (non-hydrogen) atoms. The number of benzene rings is 10. The van der Waals surface area contributed by atoms with E-state index < -0.39 is 0 Å². The lowest BCUT2D eigenvalue weighted by Gasteiger charge is -2.26. The molecule has 0 amide bonds. The number of nitrogens with zero attached hydrogens (tertiary/aromatic N) is 1. The van der Waals surface area contributed by atoms with E-state index in [-0.39, 0.29) is 0 Å². The molecular weight excluding hydrogens is 703 g/mol. The van der Waals surface area contributed by atoms with Gasteiger partial charge in [0.25, 0.3) is 0 Å². The van der Waals surface area contributed by atoms with Crippen LogP contribution in [-0.4, -0.2) is 0 Å². The molecule has 0 spiro atoms. The highest BCUT2D eigenvalue weighted by Crippen LogP contribution is 2.40. The minimum atomic E-state index is 0.906. The van der Waals surface area contributed by atoms with Gasteiger partial charge in [-0.05, 0) is 133 Å². The van der Waals surface area contributed by atoms with Gasteiger partial charge in [-0.15, -0.1) is 0 Å². The second kappa shape index (κ2) is 14.1. The molecule has 0 aliphatic heterocycles. The maximum absolute atomic E-state index is 6.12. The fraction of sp³-hybridized carbons (Fsp3) is 0. The molecule has 0 N–H and O–H groups in total. The Labute approximate surface area is 337 Å². The molecule has 0 bridgehead atoms. The van der Waals surface area contributed by atoms with Gasteiger partial charge in [-0.2, -0.15) is 0 Å². The molecule has 272 valence electrons. The van der Waals surface area contributed by atoms with Gasteiger partial charge in [0, 0.05) is 27.8 Å². The van der Waals surface area contributed by atoms with E-state index in [1.54, 1.807) is 0 Å². The third kappa shape index (κ3) is 6.09. The smallest absolute Gasteiger partial charge is 0.135 e. The Morgan fingerprint density at radius 2 is 0.741 bits per heavy atom. The summed E-state index contributed by atoms with van der Waals surface area (Å²) in [5, 5.41) is 7.35. The fourth-order valence-electron chi connectivity index (χ4n) is 8.48. The van der Waals surface area contributed by atoms with Crippen molar-refractivity contribution in [3.63, 3.8) is 0 Å². The summed E-state index contributed by atoms with van der Waals surface area (Å²) in [6.07, 6.45) is 0. The summed E-state index contributed by atoms with van der Waals surface area (Å²) in [7, 11) is 0. The van der Waals surface area contributed by atoms with Gasteiger partial charge in [0.15, 0.2) is 0 Å². The lowest BCUT2D eigenvalue weighted by Crippen LogP contribution is -2.10. The van der Waals surface area contributed by atoms with Crippen LogP contribution in [0.4, 0.5) is 17.1 Å². The van der Waals surface area contributed by atoms with Gasteiger partial charge in [0.05, 0.1) is 0 Å². The molecule has 0 aliphatic carbocycles. The Kier molecular flexibility index (Phi) is 8.19. The molecule has 10 aromatic carbocycles. The number of anilines is 3. The predicted octanol–water partition coefficient (Wildman–Crippen LogP) is 16.0. The minimum Gasteiger partial charge on any atom is -0.456 e. The van der Waals surface area contributed by atoms with E-state index in [4.69, 9.17) is 4.42 Å². The third-order valence-electron chi connectivity index (χ3n) is 11.4. The molecule has 1 heterocycles. The quantitative estimate of drug-likeness (QED) is 0.151. The van der Waals surface area contributed by atoms with Crippen molar-refractivity contribution in [2.45, 2.75) is 0 Å². The van der Waals surface area contributed by atoms with Crippen LogP contribution in [0, 0.1) is 0 Å². The Hall–Kier alpha value is -7.68. The maximum Gasteiger partial charge on any atom is 0.135 e. The van der Waals surface area contributed by atoms with Gasteiger partial charge in [0.2, 0.25) is 0 Å². The van der Waals surface area contributed by atoms with Crippen molar-refractivity contribution < 1.29 is 4.42 Å². The summed E-state index contributed by atoms with van der Waals surface area (Å²) in [6, 6.07) is 80.8. The Morgan fingerprint density at radius 3 is 1.52 bits per heavy atom. The molecule has 0 unspecified atom stereocenters. The van der Waals surface area contributed by atoms with E-state index in [0.717, 1.165) is 55.7 Å². The number of hydrogen-bond donors (Lipinski definition) is 0. The zero-order valence-corrected chi connectivity index (χ0v) is 31.7. The summed E-state index contributed by atoms with van der Waals surface area (Å²) >= 11 is 0. The first-order chi connectivity index (χ1) is 28.7. The summed E-state index contributed by atoms with van der Waals surface area (Å²) in [4.78, 5) is 2.35. The molecule has 11 rings (SSSR count). The zero-order valence-electron chi connectivity index (χ0n) is 31.7. The van der Waals surface area contributed by atoms with E-state index >= 15 is 0 Å². The van der Waals surface area contributed by atoms with Gasteiger partial charge in [-0.3, -0.25) is 0 Å². The van der Waals surface area contributed by atoms with E-state index in [9.17, 15) is 0 Å². The van der Waals surface area contributed by atoms with Crippen LogP contribution in [0.2, 0.25) is 0 Å². The second-order valence-corrected chi connectivity index (χ2v) is 15.0. The molecule has 0 aliphatic rings. The minimum absolute atomic E-state index is 0.906. The Morgan fingerprint density at radius 1 is 0.241 bits per heavy atom. The van der Waals surface area contributed by atoms with Gasteiger partial charge >= 0.3 is 0 Å². The SMILES string of the molecule is c1ccc(-c2ccc(N(c3ccc(-c4ccc5oc6ccccc6c5c4)cc3)c3cccc(-c4cccc(-c5ccc6c(ccc7ccccc76)c5)c4)c3)cc2)cc1. The van der Waals surface area contributed by atoms with Gasteiger partial charge in [0.1, 0.15) is 11.2 Å². The van der Waals surface area contributed by atoms with Crippen LogP contribution in [-0.2, 0) is 0 Å². The summed E-state index contributed by atoms with van der Waals surface area (Å²) in [5.41, 5.74) is 14.5. The van der Waals surface area contributed by atoms with Gasteiger partial charge in [-0.25, -0.2) is 0 Å². The Bertz CT molecular complexity index is 3270. The van der Waals surface area contributed by atoms with Crippen molar-refractivity contribution in [2.75, 3.05) is 4.90 Å². The van der Waals surface area contributed by atoms with Crippen LogP contribution < -0.4 is 4.90 Å². The molecule has 0 atom stereocenters. The average Bonchev–Trinajstić information content (AvgIpc) is 3.68. The molecular formula is C56H37NO. The highest BCUT2D eigenvalue weighted by Gasteiger charge is 2.16. The van der Waals surface area contributed by atoms with Crippen LogP contribution in [0.25, 0.3) is 88.0 Å². The van der Waals surface area contributed by atoms with Crippen LogP contribution >= 0.6 is 0 Å². The topological polar surface area (TPSA) is 16.4 Å². The van der Waals surface area contributed by atoms with Crippen LogP contribution in [0.3, 0.4) is 0 Å². The molecule has 0 saturated carbocycles. The Balaban J connectivity index is 0.966. The maximum atomic E-state index is 6.12. The average molecular weight is 740 g/mol. The first-order valence-electron chi connectivity index (χ1n) is 19.8. The number of rotatable bonds is 7. The summed E-state index contributed by atoms with van der Waals surface area (Å²) in [5.74, 6) is 0. The molecule has 0 fully saturated rings.